The van der Waals surface area contributed by atoms with Gasteiger partial charge in [-0.3, -0.25) is 24.2 Å². The zero-order valence-corrected chi connectivity index (χ0v) is 12.4. The number of benzene rings is 1. The molecule has 1 heterocycles. The van der Waals surface area contributed by atoms with Crippen LogP contribution in [-0.2, 0) is 14.4 Å². The molecule has 0 atom stereocenters. The second kappa shape index (κ2) is 7.04. The van der Waals surface area contributed by atoms with E-state index < -0.39 is 5.97 Å². The van der Waals surface area contributed by atoms with Crippen LogP contribution in [0.4, 0.5) is 11.4 Å². The van der Waals surface area contributed by atoms with Gasteiger partial charge in [0.05, 0.1) is 24.5 Å². The number of rotatable bonds is 6. The molecule has 118 valence electrons. The quantitative estimate of drug-likeness (QED) is 0.810. The third-order valence-corrected chi connectivity index (χ3v) is 3.33. The zero-order valence-electron chi connectivity index (χ0n) is 12.4. The van der Waals surface area contributed by atoms with Gasteiger partial charge in [-0.2, -0.15) is 0 Å². The van der Waals surface area contributed by atoms with Gasteiger partial charge in [-0.1, -0.05) is 19.1 Å². The van der Waals surface area contributed by atoms with Gasteiger partial charge in [0.1, 0.15) is 6.54 Å². The molecule has 1 aliphatic rings. The van der Waals surface area contributed by atoms with Crippen LogP contribution < -0.4 is 10.2 Å². The molecular formula is C15H19N3O4. The molecule has 1 aromatic rings. The number of nitrogens with zero attached hydrogens (tertiary/aromatic N) is 2. The SMILES string of the molecule is CCCN(CC(=O)O)CC(=O)N1CC(=O)Nc2ccccc21. The van der Waals surface area contributed by atoms with E-state index >= 15 is 0 Å². The Bertz CT molecular complexity index is 588. The molecule has 0 saturated heterocycles. The summed E-state index contributed by atoms with van der Waals surface area (Å²) in [5, 5.41) is 11.6. The Labute approximate surface area is 128 Å². The number of carbonyl (C=O) groups excluding carboxylic acids is 2. The van der Waals surface area contributed by atoms with Crippen molar-refractivity contribution >= 4 is 29.2 Å². The van der Waals surface area contributed by atoms with Gasteiger partial charge in [-0.05, 0) is 25.1 Å². The highest BCUT2D eigenvalue weighted by atomic mass is 16.4. The van der Waals surface area contributed by atoms with Crippen LogP contribution in [0.15, 0.2) is 24.3 Å². The van der Waals surface area contributed by atoms with Crippen molar-refractivity contribution in [2.75, 3.05) is 36.4 Å². The molecule has 0 spiro atoms. The van der Waals surface area contributed by atoms with Crippen molar-refractivity contribution in [1.82, 2.24) is 4.90 Å². The number of carbonyl (C=O) groups is 3. The van der Waals surface area contributed by atoms with Gasteiger partial charge in [0.2, 0.25) is 11.8 Å². The maximum absolute atomic E-state index is 12.5. The van der Waals surface area contributed by atoms with E-state index in [1.54, 1.807) is 29.2 Å². The Morgan fingerprint density at radius 3 is 2.73 bits per heavy atom. The second-order valence-electron chi connectivity index (χ2n) is 5.15. The van der Waals surface area contributed by atoms with Gasteiger partial charge >= 0.3 is 5.97 Å². The van der Waals surface area contributed by atoms with Crippen molar-refractivity contribution < 1.29 is 19.5 Å². The monoisotopic (exact) mass is 305 g/mol. The highest BCUT2D eigenvalue weighted by Gasteiger charge is 2.27. The summed E-state index contributed by atoms with van der Waals surface area (Å²) in [4.78, 5) is 38.0. The van der Waals surface area contributed by atoms with Crippen molar-refractivity contribution in [2.24, 2.45) is 0 Å². The fraction of sp³-hybridized carbons (Fsp3) is 0.400. The lowest BCUT2D eigenvalue weighted by atomic mass is 10.2. The summed E-state index contributed by atoms with van der Waals surface area (Å²) < 4.78 is 0. The molecule has 0 fully saturated rings. The molecule has 2 amide bonds. The van der Waals surface area contributed by atoms with Crippen LogP contribution in [-0.4, -0.2) is 54.0 Å². The number of aliphatic carboxylic acids is 1. The van der Waals surface area contributed by atoms with Crippen molar-refractivity contribution in [2.45, 2.75) is 13.3 Å². The number of para-hydroxylation sites is 2. The molecule has 2 N–H and O–H groups in total. The van der Waals surface area contributed by atoms with Crippen molar-refractivity contribution in [1.29, 1.82) is 0 Å². The number of carboxylic acid groups (broad SMARTS) is 1. The number of carboxylic acids is 1. The Balaban J connectivity index is 2.14. The van der Waals surface area contributed by atoms with E-state index in [1.807, 2.05) is 6.92 Å². The molecule has 0 radical (unpaired) electrons. The summed E-state index contributed by atoms with van der Waals surface area (Å²) in [6, 6.07) is 7.06. The van der Waals surface area contributed by atoms with E-state index in [9.17, 15) is 14.4 Å². The van der Waals surface area contributed by atoms with Crippen molar-refractivity contribution in [3.05, 3.63) is 24.3 Å². The van der Waals surface area contributed by atoms with Crippen LogP contribution in [0.1, 0.15) is 13.3 Å². The Hall–Kier alpha value is -2.41. The topological polar surface area (TPSA) is 90.0 Å². The first-order valence-electron chi connectivity index (χ1n) is 7.14. The summed E-state index contributed by atoms with van der Waals surface area (Å²) in [6.07, 6.45) is 0.748. The Morgan fingerprint density at radius 1 is 1.32 bits per heavy atom. The number of nitrogens with one attached hydrogen (secondary N) is 1. The molecule has 1 aliphatic heterocycles. The number of fused-ring (bicyclic) bond motifs is 1. The van der Waals surface area contributed by atoms with Crippen LogP contribution in [0.5, 0.6) is 0 Å². The lowest BCUT2D eigenvalue weighted by Gasteiger charge is -2.31. The highest BCUT2D eigenvalue weighted by molar-refractivity contribution is 6.10. The Kier molecular flexibility index (Phi) is 5.11. The number of hydrogen-bond acceptors (Lipinski definition) is 4. The summed E-state index contributed by atoms with van der Waals surface area (Å²) in [7, 11) is 0. The number of anilines is 2. The van der Waals surface area contributed by atoms with Crippen LogP contribution in [0, 0.1) is 0 Å². The molecule has 2 rings (SSSR count). The minimum Gasteiger partial charge on any atom is -0.480 e. The molecule has 0 bridgehead atoms. The summed E-state index contributed by atoms with van der Waals surface area (Å²) in [5.74, 6) is -1.51. The fourth-order valence-electron chi connectivity index (χ4n) is 2.45. The molecular weight excluding hydrogens is 286 g/mol. The average Bonchev–Trinajstić information content (AvgIpc) is 2.45. The van der Waals surface area contributed by atoms with Crippen LogP contribution >= 0.6 is 0 Å². The molecule has 0 saturated carbocycles. The highest BCUT2D eigenvalue weighted by Crippen LogP contribution is 2.28. The maximum atomic E-state index is 12.5. The van der Waals surface area contributed by atoms with Gasteiger partial charge in [-0.15, -0.1) is 0 Å². The Morgan fingerprint density at radius 2 is 2.05 bits per heavy atom. The normalized spacial score (nSPS) is 13.7. The zero-order chi connectivity index (χ0) is 16.1. The second-order valence-corrected chi connectivity index (χ2v) is 5.15. The van der Waals surface area contributed by atoms with Gasteiger partial charge < -0.3 is 10.4 Å². The van der Waals surface area contributed by atoms with Gasteiger partial charge in [0, 0.05) is 0 Å². The maximum Gasteiger partial charge on any atom is 0.317 e. The third-order valence-electron chi connectivity index (χ3n) is 3.33. The first-order chi connectivity index (χ1) is 10.5. The largest absolute Gasteiger partial charge is 0.480 e. The fourth-order valence-corrected chi connectivity index (χ4v) is 2.45. The lowest BCUT2D eigenvalue weighted by molar-refractivity contribution is -0.138. The number of amides is 2. The van der Waals surface area contributed by atoms with Crippen molar-refractivity contribution in [3.8, 4) is 0 Å². The number of hydrogen-bond donors (Lipinski definition) is 2. The minimum atomic E-state index is -0.974. The molecule has 0 unspecified atom stereocenters. The van der Waals surface area contributed by atoms with E-state index in [0.717, 1.165) is 6.42 Å². The van der Waals surface area contributed by atoms with Crippen LogP contribution in [0.2, 0.25) is 0 Å². The molecule has 0 aromatic heterocycles. The van der Waals surface area contributed by atoms with Crippen LogP contribution in [0.3, 0.4) is 0 Å². The first kappa shape index (κ1) is 16.0. The van der Waals surface area contributed by atoms with E-state index in [1.165, 1.54) is 4.90 Å². The molecule has 1 aromatic carbocycles. The van der Waals surface area contributed by atoms with Gasteiger partial charge in [-0.25, -0.2) is 0 Å². The van der Waals surface area contributed by atoms with E-state index in [-0.39, 0.29) is 31.4 Å². The smallest absolute Gasteiger partial charge is 0.317 e. The molecule has 0 aliphatic carbocycles. The predicted octanol–water partition coefficient (Wildman–Crippen LogP) is 0.768. The van der Waals surface area contributed by atoms with E-state index in [2.05, 4.69) is 5.32 Å². The van der Waals surface area contributed by atoms with Gasteiger partial charge in [0.15, 0.2) is 0 Å². The third kappa shape index (κ3) is 3.82. The molecule has 7 heteroatoms. The van der Waals surface area contributed by atoms with Crippen LogP contribution in [0.25, 0.3) is 0 Å². The van der Waals surface area contributed by atoms with E-state index in [0.29, 0.717) is 17.9 Å². The molecule has 7 nitrogen and oxygen atoms in total. The first-order valence-corrected chi connectivity index (χ1v) is 7.14. The lowest BCUT2D eigenvalue weighted by Crippen LogP contribution is -2.47. The summed E-state index contributed by atoms with van der Waals surface area (Å²) in [5.41, 5.74) is 1.23. The van der Waals surface area contributed by atoms with E-state index in [4.69, 9.17) is 5.11 Å². The van der Waals surface area contributed by atoms with Crippen molar-refractivity contribution in [3.63, 3.8) is 0 Å². The average molecular weight is 305 g/mol. The van der Waals surface area contributed by atoms with Gasteiger partial charge in [0.25, 0.3) is 0 Å². The summed E-state index contributed by atoms with van der Waals surface area (Å²) in [6.45, 7) is 2.16. The predicted molar refractivity (Wildman–Crippen MR) is 81.8 cm³/mol. The minimum absolute atomic E-state index is 0.0260. The summed E-state index contributed by atoms with van der Waals surface area (Å²) >= 11 is 0. The molecule has 22 heavy (non-hydrogen) atoms. The standard InChI is InChI=1S/C15H19N3O4/c1-2-7-17(10-15(21)22)9-14(20)18-8-13(19)16-11-5-3-4-6-12(11)18/h3-6H,2,7-10H2,1H3,(H,16,19)(H,21,22).